The van der Waals surface area contributed by atoms with E-state index in [-0.39, 0.29) is 0 Å². The highest BCUT2D eigenvalue weighted by molar-refractivity contribution is 5.31. The molecule has 7 atom stereocenters. The lowest BCUT2D eigenvalue weighted by Crippen LogP contribution is -2.34. The first-order valence-corrected chi connectivity index (χ1v) is 8.77. The molecule has 1 nitrogen and oxygen atoms in total. The Morgan fingerprint density at radius 1 is 1.15 bits per heavy atom. The lowest BCUT2D eigenvalue weighted by atomic mass is 9.72. The van der Waals surface area contributed by atoms with Crippen molar-refractivity contribution in [2.45, 2.75) is 65.4 Å². The average Bonchev–Trinajstić information content (AvgIpc) is 2.79. The van der Waals surface area contributed by atoms with Gasteiger partial charge >= 0.3 is 0 Å². The molecule has 3 fully saturated rings. The molecule has 0 aliphatic heterocycles. The van der Waals surface area contributed by atoms with E-state index in [1.807, 2.05) is 0 Å². The first-order valence-electron chi connectivity index (χ1n) is 8.77. The van der Waals surface area contributed by atoms with Crippen LogP contribution in [0.2, 0.25) is 0 Å². The molecule has 0 heterocycles. The molecule has 0 radical (unpaired) electrons. The summed E-state index contributed by atoms with van der Waals surface area (Å²) in [6.07, 6.45) is 8.52. The maximum absolute atomic E-state index is 11.2. The first kappa shape index (κ1) is 13.4. The van der Waals surface area contributed by atoms with Gasteiger partial charge in [0, 0.05) is 0 Å². The van der Waals surface area contributed by atoms with Gasteiger partial charge in [-0.3, -0.25) is 0 Å². The number of fused-ring (bicyclic) bond motifs is 5. The molecule has 1 heteroatoms. The summed E-state index contributed by atoms with van der Waals surface area (Å²) in [7, 11) is 0. The summed E-state index contributed by atoms with van der Waals surface area (Å²) < 4.78 is 0. The zero-order valence-electron chi connectivity index (χ0n) is 13.5. The number of allylic oxidation sites excluding steroid dienone is 1. The molecule has 1 N–H and O–H groups in total. The summed E-state index contributed by atoms with van der Waals surface area (Å²) in [5.74, 6) is 4.71. The van der Waals surface area contributed by atoms with Gasteiger partial charge in [0.1, 0.15) is 0 Å². The highest BCUT2D eigenvalue weighted by Crippen LogP contribution is 2.71. The maximum Gasteiger partial charge on any atom is 0.0867 e. The standard InChI is InChI=1S/C19H30O/c1-11-7-14-13(5-6-15-17(14)18(15,3)4)16-8-12(2)10-19(16,20)9-11/h8,11-15,17,20H,5-7,9-10H2,1-4H3/t11-,12?,13?,14?,15?,17?,19?/m0/s1. The van der Waals surface area contributed by atoms with E-state index in [0.717, 1.165) is 30.6 Å². The molecule has 4 aliphatic rings. The molecule has 4 rings (SSSR count). The van der Waals surface area contributed by atoms with E-state index in [1.54, 1.807) is 0 Å². The maximum atomic E-state index is 11.2. The molecular weight excluding hydrogens is 244 g/mol. The van der Waals surface area contributed by atoms with E-state index >= 15 is 0 Å². The van der Waals surface area contributed by atoms with Gasteiger partial charge in [0.2, 0.25) is 0 Å². The van der Waals surface area contributed by atoms with E-state index in [1.165, 1.54) is 24.8 Å². The summed E-state index contributed by atoms with van der Waals surface area (Å²) in [5, 5.41) is 11.2. The van der Waals surface area contributed by atoms with Crippen molar-refractivity contribution >= 4 is 0 Å². The Hall–Kier alpha value is -0.300. The Morgan fingerprint density at radius 3 is 2.65 bits per heavy atom. The Bertz CT molecular complexity index is 462. The number of aliphatic hydroxyl groups is 1. The Kier molecular flexibility index (Phi) is 2.61. The van der Waals surface area contributed by atoms with Gasteiger partial charge in [-0.1, -0.05) is 33.8 Å². The lowest BCUT2D eigenvalue weighted by Gasteiger charge is -2.35. The van der Waals surface area contributed by atoms with Crippen molar-refractivity contribution < 1.29 is 5.11 Å². The van der Waals surface area contributed by atoms with Crippen LogP contribution in [0.4, 0.5) is 0 Å². The van der Waals surface area contributed by atoms with E-state index < -0.39 is 5.60 Å². The monoisotopic (exact) mass is 274 g/mol. The second kappa shape index (κ2) is 3.91. The van der Waals surface area contributed by atoms with Crippen LogP contribution in [-0.2, 0) is 0 Å². The van der Waals surface area contributed by atoms with E-state index in [2.05, 4.69) is 33.8 Å². The largest absolute Gasteiger partial charge is 0.385 e. The number of rotatable bonds is 0. The van der Waals surface area contributed by atoms with Crippen molar-refractivity contribution in [3.63, 3.8) is 0 Å². The van der Waals surface area contributed by atoms with Gasteiger partial charge in [0.15, 0.2) is 0 Å². The Balaban J connectivity index is 1.73. The summed E-state index contributed by atoms with van der Waals surface area (Å²) in [4.78, 5) is 0. The predicted octanol–water partition coefficient (Wildman–Crippen LogP) is 4.41. The van der Waals surface area contributed by atoms with Gasteiger partial charge in [-0.25, -0.2) is 0 Å². The number of hydrogen-bond acceptors (Lipinski definition) is 1. The molecule has 0 amide bonds. The zero-order valence-corrected chi connectivity index (χ0v) is 13.5. The van der Waals surface area contributed by atoms with Crippen LogP contribution in [0.1, 0.15) is 59.8 Å². The van der Waals surface area contributed by atoms with Crippen LogP contribution in [-0.4, -0.2) is 10.7 Å². The molecule has 0 aromatic rings. The molecule has 3 saturated carbocycles. The SMILES string of the molecule is CC1C=C2C3CCC4C(C3C[C@H](C)CC2(O)C1)C4(C)C. The second-order valence-electron chi connectivity index (χ2n) is 9.18. The minimum Gasteiger partial charge on any atom is -0.385 e. The smallest absolute Gasteiger partial charge is 0.0867 e. The van der Waals surface area contributed by atoms with Crippen molar-refractivity contribution in [3.05, 3.63) is 11.6 Å². The molecule has 0 bridgehead atoms. The molecule has 0 saturated heterocycles. The van der Waals surface area contributed by atoms with Crippen LogP contribution in [0.3, 0.4) is 0 Å². The molecule has 0 aromatic heterocycles. The van der Waals surface area contributed by atoms with Crippen molar-refractivity contribution in [2.75, 3.05) is 0 Å². The highest BCUT2D eigenvalue weighted by atomic mass is 16.3. The van der Waals surface area contributed by atoms with Crippen LogP contribution in [0.15, 0.2) is 11.6 Å². The van der Waals surface area contributed by atoms with E-state index in [9.17, 15) is 5.11 Å². The van der Waals surface area contributed by atoms with Gasteiger partial charge < -0.3 is 5.11 Å². The quantitative estimate of drug-likeness (QED) is 0.649. The Morgan fingerprint density at radius 2 is 1.90 bits per heavy atom. The van der Waals surface area contributed by atoms with Gasteiger partial charge in [-0.15, -0.1) is 0 Å². The second-order valence-corrected chi connectivity index (χ2v) is 9.18. The lowest BCUT2D eigenvalue weighted by molar-refractivity contribution is 0.0453. The summed E-state index contributed by atoms with van der Waals surface area (Å²) in [6, 6.07) is 0. The molecule has 0 aromatic carbocycles. The number of hydrogen-bond donors (Lipinski definition) is 1. The van der Waals surface area contributed by atoms with Gasteiger partial charge in [0.05, 0.1) is 5.60 Å². The molecule has 0 spiro atoms. The van der Waals surface area contributed by atoms with E-state index in [0.29, 0.717) is 23.2 Å². The topological polar surface area (TPSA) is 20.2 Å². The average molecular weight is 274 g/mol. The summed E-state index contributed by atoms with van der Waals surface area (Å²) in [5.41, 5.74) is 1.58. The normalized spacial score (nSPS) is 56.1. The first-order chi connectivity index (χ1) is 9.33. The fourth-order valence-electron chi connectivity index (χ4n) is 6.67. The molecule has 6 unspecified atom stereocenters. The molecule has 112 valence electrons. The van der Waals surface area contributed by atoms with Crippen molar-refractivity contribution in [3.8, 4) is 0 Å². The highest BCUT2D eigenvalue weighted by Gasteiger charge is 2.65. The third-order valence-electron chi connectivity index (χ3n) is 7.33. The Labute approximate surface area is 123 Å². The van der Waals surface area contributed by atoms with Gasteiger partial charge in [-0.05, 0) is 78.6 Å². The van der Waals surface area contributed by atoms with Crippen LogP contribution >= 0.6 is 0 Å². The molecule has 4 aliphatic carbocycles. The predicted molar refractivity (Wildman–Crippen MR) is 82.2 cm³/mol. The third-order valence-corrected chi connectivity index (χ3v) is 7.33. The van der Waals surface area contributed by atoms with Gasteiger partial charge in [-0.2, -0.15) is 0 Å². The van der Waals surface area contributed by atoms with Crippen LogP contribution in [0.25, 0.3) is 0 Å². The zero-order chi connectivity index (χ0) is 14.3. The minimum absolute atomic E-state index is 0.454. The summed E-state index contributed by atoms with van der Waals surface area (Å²) >= 11 is 0. The van der Waals surface area contributed by atoms with Gasteiger partial charge in [0.25, 0.3) is 0 Å². The third kappa shape index (κ3) is 1.65. The van der Waals surface area contributed by atoms with Crippen LogP contribution in [0, 0.1) is 40.9 Å². The van der Waals surface area contributed by atoms with E-state index in [4.69, 9.17) is 0 Å². The molecule has 20 heavy (non-hydrogen) atoms. The molecular formula is C19H30O. The van der Waals surface area contributed by atoms with Crippen LogP contribution in [0.5, 0.6) is 0 Å². The van der Waals surface area contributed by atoms with Crippen molar-refractivity contribution in [2.24, 2.45) is 40.9 Å². The summed E-state index contributed by atoms with van der Waals surface area (Å²) in [6.45, 7) is 9.63. The minimum atomic E-state index is -0.454. The van der Waals surface area contributed by atoms with Crippen molar-refractivity contribution in [1.29, 1.82) is 0 Å². The van der Waals surface area contributed by atoms with Crippen molar-refractivity contribution in [1.82, 2.24) is 0 Å². The fourth-order valence-corrected chi connectivity index (χ4v) is 6.67. The van der Waals surface area contributed by atoms with Crippen LogP contribution < -0.4 is 0 Å². The fraction of sp³-hybridized carbons (Fsp3) is 0.895.